The lowest BCUT2D eigenvalue weighted by molar-refractivity contribution is -0.118. The second kappa shape index (κ2) is 7.91. The zero-order chi connectivity index (χ0) is 23.3. The molecule has 1 aliphatic carbocycles. The first-order valence-corrected chi connectivity index (χ1v) is 12.0. The van der Waals surface area contributed by atoms with Crippen LogP contribution in [-0.4, -0.2) is 10.4 Å². The Bertz CT molecular complexity index is 1430. The summed E-state index contributed by atoms with van der Waals surface area (Å²) in [6.45, 7) is 5.15. The van der Waals surface area contributed by atoms with Gasteiger partial charge in [-0.15, -0.1) is 0 Å². The van der Waals surface area contributed by atoms with Crippen LogP contribution in [0.3, 0.4) is 0 Å². The molecule has 0 saturated heterocycles. The van der Waals surface area contributed by atoms with Gasteiger partial charge in [-0.25, -0.2) is 0 Å². The van der Waals surface area contributed by atoms with E-state index in [4.69, 9.17) is 0 Å². The van der Waals surface area contributed by atoms with Crippen LogP contribution in [0.2, 0.25) is 0 Å². The molecule has 0 fully saturated rings. The topological polar surface area (TPSA) is 46.1 Å². The first-order chi connectivity index (χ1) is 16.5. The average molecular weight is 448 g/mol. The molecule has 0 spiro atoms. The number of hydrogen-bond acceptors (Lipinski definition) is 3. The van der Waals surface area contributed by atoms with Gasteiger partial charge >= 0.3 is 0 Å². The lowest BCUT2D eigenvalue weighted by Crippen LogP contribution is -2.31. The second-order valence-electron chi connectivity index (χ2n) is 10.3. The van der Waals surface area contributed by atoms with E-state index < -0.39 is 0 Å². The van der Waals surface area contributed by atoms with Crippen molar-refractivity contribution in [1.29, 1.82) is 0 Å². The van der Waals surface area contributed by atoms with Crippen molar-refractivity contribution >= 4 is 28.1 Å². The summed E-state index contributed by atoms with van der Waals surface area (Å²) in [7, 11) is 0. The predicted octanol–water partition coefficient (Wildman–Crippen LogP) is 6.91. The van der Waals surface area contributed by atoms with Gasteiger partial charge in [0.05, 0.1) is 17.4 Å². The maximum absolute atomic E-state index is 13.6. The molecule has 0 amide bonds. The fourth-order valence-corrected chi connectivity index (χ4v) is 5.54. The highest BCUT2D eigenvalue weighted by Crippen LogP contribution is 2.46. The maximum atomic E-state index is 13.6. The molecular weight excluding hydrogens is 418 g/mol. The number of benzene rings is 3. The van der Waals surface area contributed by atoms with Crippen LogP contribution in [0.25, 0.3) is 10.9 Å². The SMILES string of the molecule is CC1(C)CC(=O)C2=C(C1)Nc1ccccc1N[C@H]2c1cn(Cc2ccccc2)c2ccccc12. The van der Waals surface area contributed by atoms with Crippen molar-refractivity contribution in [3.8, 4) is 0 Å². The van der Waals surface area contributed by atoms with Crippen LogP contribution in [0.1, 0.15) is 43.9 Å². The number of hydrogen-bond donors (Lipinski definition) is 2. The van der Waals surface area contributed by atoms with Crippen LogP contribution in [0.15, 0.2) is 96.3 Å². The molecule has 2 heterocycles. The van der Waals surface area contributed by atoms with Crippen molar-refractivity contribution in [1.82, 2.24) is 4.57 Å². The Morgan fingerprint density at radius 2 is 1.59 bits per heavy atom. The third-order valence-electron chi connectivity index (χ3n) is 7.05. The normalized spacial score (nSPS) is 19.1. The number of Topliss-reactive ketones (excluding diaryl/α,β-unsaturated/α-hetero) is 1. The van der Waals surface area contributed by atoms with Gasteiger partial charge in [-0.1, -0.05) is 74.5 Å². The number of carbonyl (C=O) groups is 1. The number of allylic oxidation sites excluding steroid dienone is 1. The summed E-state index contributed by atoms with van der Waals surface area (Å²) in [6.07, 6.45) is 3.65. The van der Waals surface area contributed by atoms with Crippen LogP contribution in [0.4, 0.5) is 11.4 Å². The number of nitrogens with zero attached hydrogens (tertiary/aromatic N) is 1. The second-order valence-corrected chi connectivity index (χ2v) is 10.3. The van der Waals surface area contributed by atoms with Gasteiger partial charge in [0.15, 0.2) is 5.78 Å². The highest BCUT2D eigenvalue weighted by Gasteiger charge is 2.39. The average Bonchev–Trinajstić information content (AvgIpc) is 3.08. The molecule has 1 atom stereocenters. The van der Waals surface area contributed by atoms with Crippen LogP contribution in [0.5, 0.6) is 0 Å². The van der Waals surface area contributed by atoms with E-state index in [1.165, 1.54) is 16.5 Å². The van der Waals surface area contributed by atoms with Crippen molar-refractivity contribution in [3.05, 3.63) is 107 Å². The van der Waals surface area contributed by atoms with E-state index in [2.05, 4.69) is 95.9 Å². The Morgan fingerprint density at radius 3 is 2.41 bits per heavy atom. The molecule has 2 aliphatic rings. The van der Waals surface area contributed by atoms with Gasteiger partial charge in [0, 0.05) is 46.9 Å². The summed E-state index contributed by atoms with van der Waals surface area (Å²) in [6, 6.07) is 27.1. The Kier molecular flexibility index (Phi) is 4.84. The highest BCUT2D eigenvalue weighted by molar-refractivity contribution is 6.02. The molecule has 1 aromatic heterocycles. The lowest BCUT2D eigenvalue weighted by atomic mass is 9.73. The van der Waals surface area contributed by atoms with Crippen LogP contribution in [0, 0.1) is 5.41 Å². The molecule has 170 valence electrons. The van der Waals surface area contributed by atoms with Crippen molar-refractivity contribution in [2.75, 3.05) is 10.6 Å². The van der Waals surface area contributed by atoms with Crippen molar-refractivity contribution in [2.24, 2.45) is 5.41 Å². The molecule has 0 radical (unpaired) electrons. The molecule has 6 rings (SSSR count). The van der Waals surface area contributed by atoms with Crippen molar-refractivity contribution < 1.29 is 4.79 Å². The van der Waals surface area contributed by atoms with E-state index in [1.807, 2.05) is 18.2 Å². The molecule has 4 nitrogen and oxygen atoms in total. The van der Waals surface area contributed by atoms with Gasteiger partial charge in [-0.05, 0) is 35.6 Å². The minimum absolute atomic E-state index is 0.0614. The molecule has 3 aromatic carbocycles. The van der Waals surface area contributed by atoms with E-state index in [-0.39, 0.29) is 17.2 Å². The van der Waals surface area contributed by atoms with Gasteiger partial charge in [-0.3, -0.25) is 4.79 Å². The molecular formula is C30H29N3O. The number of rotatable bonds is 3. The zero-order valence-electron chi connectivity index (χ0n) is 19.6. The maximum Gasteiger partial charge on any atom is 0.163 e. The summed E-state index contributed by atoms with van der Waals surface area (Å²) >= 11 is 0. The Balaban J connectivity index is 1.54. The predicted molar refractivity (Wildman–Crippen MR) is 139 cm³/mol. The van der Waals surface area contributed by atoms with Crippen molar-refractivity contribution in [3.63, 3.8) is 0 Å². The standard InChI is InChI=1S/C30H29N3O/c1-30(2)16-25-28(27(34)17-30)29(32-24-14-8-7-13-23(24)31-25)22-19-33(18-20-10-4-3-5-11-20)26-15-9-6-12-21(22)26/h3-15,19,29,31-32H,16-18H2,1-2H3/t29-/m0/s1. The third kappa shape index (κ3) is 3.60. The minimum Gasteiger partial charge on any atom is -0.372 e. The molecule has 4 heteroatoms. The molecule has 0 unspecified atom stereocenters. The van der Waals surface area contributed by atoms with Crippen LogP contribution in [-0.2, 0) is 11.3 Å². The molecule has 34 heavy (non-hydrogen) atoms. The monoisotopic (exact) mass is 447 g/mol. The van der Waals surface area contributed by atoms with Gasteiger partial charge in [-0.2, -0.15) is 0 Å². The third-order valence-corrected chi connectivity index (χ3v) is 7.05. The summed E-state index contributed by atoms with van der Waals surface area (Å²) in [4.78, 5) is 13.6. The fourth-order valence-electron chi connectivity index (χ4n) is 5.54. The first kappa shape index (κ1) is 20.8. The number of aromatic nitrogens is 1. The number of fused-ring (bicyclic) bond motifs is 2. The number of anilines is 2. The number of nitrogens with one attached hydrogen (secondary N) is 2. The smallest absolute Gasteiger partial charge is 0.163 e. The van der Waals surface area contributed by atoms with E-state index in [0.717, 1.165) is 41.2 Å². The molecule has 0 saturated carbocycles. The van der Waals surface area contributed by atoms with E-state index >= 15 is 0 Å². The van der Waals surface area contributed by atoms with Crippen LogP contribution >= 0.6 is 0 Å². The van der Waals surface area contributed by atoms with E-state index in [1.54, 1.807) is 0 Å². The quantitative estimate of drug-likeness (QED) is 0.359. The summed E-state index contributed by atoms with van der Waals surface area (Å²) < 4.78 is 2.31. The summed E-state index contributed by atoms with van der Waals surface area (Å²) in [5, 5.41) is 8.56. The van der Waals surface area contributed by atoms with E-state index in [0.29, 0.717) is 6.42 Å². The van der Waals surface area contributed by atoms with Gasteiger partial charge < -0.3 is 15.2 Å². The minimum atomic E-state index is -0.211. The molecule has 0 bridgehead atoms. The number of carbonyl (C=O) groups excluding carboxylic acids is 1. The number of para-hydroxylation sites is 3. The van der Waals surface area contributed by atoms with Gasteiger partial charge in [0.25, 0.3) is 0 Å². The van der Waals surface area contributed by atoms with Gasteiger partial charge in [0.2, 0.25) is 0 Å². The fraction of sp³-hybridized carbons (Fsp3) is 0.233. The largest absolute Gasteiger partial charge is 0.372 e. The summed E-state index contributed by atoms with van der Waals surface area (Å²) in [5.74, 6) is 0.226. The Morgan fingerprint density at radius 1 is 0.882 bits per heavy atom. The lowest BCUT2D eigenvalue weighted by Gasteiger charge is -2.34. The molecule has 1 aliphatic heterocycles. The molecule has 2 N–H and O–H groups in total. The zero-order valence-corrected chi connectivity index (χ0v) is 19.6. The van der Waals surface area contributed by atoms with Crippen LogP contribution < -0.4 is 10.6 Å². The van der Waals surface area contributed by atoms with E-state index in [9.17, 15) is 4.79 Å². The van der Waals surface area contributed by atoms with Crippen molar-refractivity contribution in [2.45, 2.75) is 39.3 Å². The number of ketones is 1. The molecule has 4 aromatic rings. The Hall–Kier alpha value is -3.79. The Labute approximate surface area is 200 Å². The van der Waals surface area contributed by atoms with Gasteiger partial charge in [0.1, 0.15) is 0 Å². The highest BCUT2D eigenvalue weighted by atomic mass is 16.1. The first-order valence-electron chi connectivity index (χ1n) is 12.0. The summed E-state index contributed by atoms with van der Waals surface area (Å²) in [5.41, 5.74) is 7.48.